The fourth-order valence-electron chi connectivity index (χ4n) is 2.62. The van der Waals surface area contributed by atoms with Crippen molar-refractivity contribution in [3.05, 3.63) is 35.7 Å². The zero-order valence-corrected chi connectivity index (χ0v) is 15.7. The van der Waals surface area contributed by atoms with Gasteiger partial charge in [-0.25, -0.2) is 19.0 Å². The van der Waals surface area contributed by atoms with Crippen LogP contribution in [0.4, 0.5) is 26.3 Å². The van der Waals surface area contributed by atoms with Crippen LogP contribution in [0.25, 0.3) is 22.7 Å². The number of rotatable bonds is 3. The second-order valence-electron chi connectivity index (χ2n) is 6.09. The van der Waals surface area contributed by atoms with Crippen LogP contribution < -0.4 is 0 Å². The van der Waals surface area contributed by atoms with Crippen molar-refractivity contribution in [2.45, 2.75) is 24.2 Å². The highest BCUT2D eigenvalue weighted by Crippen LogP contribution is 2.35. The minimum atomic E-state index is -4.78. The second-order valence-corrected chi connectivity index (χ2v) is 8.46. The molecule has 0 spiro atoms. The number of halogens is 6. The van der Waals surface area contributed by atoms with Crippen LogP contribution in [0.2, 0.25) is 0 Å². The Labute approximate surface area is 160 Å². The van der Waals surface area contributed by atoms with Gasteiger partial charge in [-0.05, 0) is 12.1 Å². The van der Waals surface area contributed by atoms with E-state index in [2.05, 4.69) is 15.0 Å². The molecule has 0 unspecified atom stereocenters. The Morgan fingerprint density at radius 2 is 1.59 bits per heavy atom. The van der Waals surface area contributed by atoms with Gasteiger partial charge in [0.1, 0.15) is 11.2 Å². The number of hydrogen-bond acceptors (Lipinski definition) is 5. The van der Waals surface area contributed by atoms with Gasteiger partial charge in [-0.15, -0.1) is 0 Å². The van der Waals surface area contributed by atoms with Crippen LogP contribution in [0.1, 0.15) is 18.1 Å². The van der Waals surface area contributed by atoms with Crippen molar-refractivity contribution >= 4 is 20.9 Å². The summed E-state index contributed by atoms with van der Waals surface area (Å²) in [5.41, 5.74) is -2.67. The third-order valence-electron chi connectivity index (χ3n) is 4.19. The minimum absolute atomic E-state index is 0.0219. The molecule has 0 amide bonds. The quantitative estimate of drug-likeness (QED) is 0.612. The molecule has 6 nitrogen and oxygen atoms in total. The van der Waals surface area contributed by atoms with Gasteiger partial charge in [-0.1, -0.05) is 6.92 Å². The molecule has 3 aromatic heterocycles. The van der Waals surface area contributed by atoms with Crippen LogP contribution in [-0.2, 0) is 29.1 Å². The number of pyridine rings is 2. The molecule has 29 heavy (non-hydrogen) atoms. The van der Waals surface area contributed by atoms with E-state index in [0.717, 1.165) is 6.07 Å². The lowest BCUT2D eigenvalue weighted by atomic mass is 10.2. The van der Waals surface area contributed by atoms with E-state index in [1.807, 2.05) is 0 Å². The Morgan fingerprint density at radius 3 is 2.14 bits per heavy atom. The molecular weight excluding hydrogens is 424 g/mol. The monoisotopic (exact) mass is 437 g/mol. The molecule has 0 saturated carbocycles. The standard InChI is InChI=1S/C16H13F6N5OS/c1-3-29(23,28)11-5-9(16(20,21)22)6-24-12(11)14-26-10-4-8(15(17,18)19)7-25-13(10)27(14)2/h4-7,23H,3H2,1-2H3/t29-/m1/s1. The Bertz CT molecular complexity index is 1200. The van der Waals surface area contributed by atoms with Gasteiger partial charge in [0.25, 0.3) is 0 Å². The van der Waals surface area contributed by atoms with Crippen LogP contribution >= 0.6 is 0 Å². The summed E-state index contributed by atoms with van der Waals surface area (Å²) in [7, 11) is -2.28. The maximum Gasteiger partial charge on any atom is 0.417 e. The van der Waals surface area contributed by atoms with Crippen molar-refractivity contribution in [1.82, 2.24) is 19.5 Å². The summed E-state index contributed by atoms with van der Waals surface area (Å²) in [6.07, 6.45) is -8.33. The van der Waals surface area contributed by atoms with Gasteiger partial charge in [-0.2, -0.15) is 26.3 Å². The van der Waals surface area contributed by atoms with Crippen molar-refractivity contribution in [3.63, 3.8) is 0 Å². The first-order chi connectivity index (χ1) is 13.3. The lowest BCUT2D eigenvalue weighted by Gasteiger charge is -2.14. The molecule has 1 atom stereocenters. The molecule has 0 aliphatic heterocycles. The highest BCUT2D eigenvalue weighted by molar-refractivity contribution is 7.92. The van der Waals surface area contributed by atoms with Crippen molar-refractivity contribution in [2.75, 3.05) is 5.75 Å². The molecule has 0 saturated heterocycles. The number of alkyl halides is 6. The first kappa shape index (κ1) is 21.0. The lowest BCUT2D eigenvalue weighted by Crippen LogP contribution is -2.12. The molecule has 0 aliphatic rings. The molecule has 0 bridgehead atoms. The van der Waals surface area contributed by atoms with Gasteiger partial charge in [0.05, 0.1) is 25.8 Å². The zero-order chi connectivity index (χ0) is 21.8. The third-order valence-corrected chi connectivity index (χ3v) is 6.02. The molecule has 3 heterocycles. The fourth-order valence-corrected chi connectivity index (χ4v) is 3.70. The molecule has 0 fully saturated rings. The molecule has 156 valence electrons. The van der Waals surface area contributed by atoms with E-state index in [-0.39, 0.29) is 28.4 Å². The highest BCUT2D eigenvalue weighted by Gasteiger charge is 2.34. The summed E-state index contributed by atoms with van der Waals surface area (Å²) >= 11 is 0. The summed E-state index contributed by atoms with van der Waals surface area (Å²) in [6.45, 7) is 1.37. The topological polar surface area (TPSA) is 84.5 Å². The number of nitrogens with zero attached hydrogens (tertiary/aromatic N) is 4. The van der Waals surface area contributed by atoms with Crippen molar-refractivity contribution in [1.29, 1.82) is 4.78 Å². The SMILES string of the molecule is CC[S@@](=N)(=O)c1cc(C(F)(F)F)cnc1-c1nc2cc(C(F)(F)F)cnc2n1C. The molecule has 3 aromatic rings. The summed E-state index contributed by atoms with van der Waals surface area (Å²) in [6, 6.07) is 1.31. The molecule has 0 aromatic carbocycles. The predicted molar refractivity (Wildman–Crippen MR) is 91.4 cm³/mol. The fraction of sp³-hybridized carbons (Fsp3) is 0.312. The van der Waals surface area contributed by atoms with Crippen LogP contribution in [-0.4, -0.2) is 29.5 Å². The maximum absolute atomic E-state index is 13.1. The molecule has 0 aliphatic carbocycles. The molecule has 0 radical (unpaired) electrons. The number of nitrogens with one attached hydrogen (secondary N) is 1. The number of aryl methyl sites for hydroxylation is 1. The van der Waals surface area contributed by atoms with E-state index < -0.39 is 38.1 Å². The summed E-state index contributed by atoms with van der Waals surface area (Å²) in [5.74, 6) is -0.437. The first-order valence-electron chi connectivity index (χ1n) is 7.99. The van der Waals surface area contributed by atoms with Crippen LogP contribution in [0, 0.1) is 4.78 Å². The van der Waals surface area contributed by atoms with Gasteiger partial charge >= 0.3 is 12.4 Å². The molecule has 13 heteroatoms. The van der Waals surface area contributed by atoms with Crippen molar-refractivity contribution in [2.24, 2.45) is 7.05 Å². The van der Waals surface area contributed by atoms with Crippen LogP contribution in [0.3, 0.4) is 0 Å². The Morgan fingerprint density at radius 1 is 1.03 bits per heavy atom. The number of fused-ring (bicyclic) bond motifs is 1. The van der Waals surface area contributed by atoms with E-state index >= 15 is 0 Å². The van der Waals surface area contributed by atoms with E-state index in [0.29, 0.717) is 18.5 Å². The van der Waals surface area contributed by atoms with E-state index in [1.54, 1.807) is 0 Å². The smallest absolute Gasteiger partial charge is 0.310 e. The van der Waals surface area contributed by atoms with E-state index in [9.17, 15) is 30.6 Å². The first-order valence-corrected chi connectivity index (χ1v) is 9.72. The number of hydrogen-bond donors (Lipinski definition) is 1. The van der Waals surface area contributed by atoms with Crippen LogP contribution in [0.15, 0.2) is 29.4 Å². The summed E-state index contributed by atoms with van der Waals surface area (Å²) in [5, 5.41) is 0. The maximum atomic E-state index is 13.1. The van der Waals surface area contributed by atoms with Crippen LogP contribution in [0.5, 0.6) is 0 Å². The largest absolute Gasteiger partial charge is 0.417 e. The Hall–Kier alpha value is -2.70. The van der Waals surface area contributed by atoms with Gasteiger partial charge in [-0.3, -0.25) is 4.98 Å². The van der Waals surface area contributed by atoms with Gasteiger partial charge in [0.2, 0.25) is 0 Å². The third kappa shape index (κ3) is 3.78. The summed E-state index contributed by atoms with van der Waals surface area (Å²) in [4.78, 5) is 10.9. The molecule has 3 rings (SSSR count). The Balaban J connectivity index is 2.30. The van der Waals surface area contributed by atoms with Crippen molar-refractivity contribution in [3.8, 4) is 11.5 Å². The van der Waals surface area contributed by atoms with E-state index in [1.165, 1.54) is 18.5 Å². The Kier molecular flexibility index (Phi) is 4.84. The average Bonchev–Trinajstić information content (AvgIpc) is 2.96. The lowest BCUT2D eigenvalue weighted by molar-refractivity contribution is -0.138. The van der Waals surface area contributed by atoms with Gasteiger partial charge < -0.3 is 4.57 Å². The molecular formula is C16H13F6N5OS. The average molecular weight is 437 g/mol. The number of aromatic nitrogens is 4. The van der Waals surface area contributed by atoms with Crippen molar-refractivity contribution < 1.29 is 30.6 Å². The number of imidazole rings is 1. The van der Waals surface area contributed by atoms with Gasteiger partial charge in [0, 0.05) is 25.2 Å². The molecule has 1 N–H and O–H groups in total. The normalized spacial score (nSPS) is 14.9. The highest BCUT2D eigenvalue weighted by atomic mass is 32.2. The summed E-state index contributed by atoms with van der Waals surface area (Å²) < 4.78 is 99.7. The van der Waals surface area contributed by atoms with Gasteiger partial charge in [0.15, 0.2) is 11.5 Å². The predicted octanol–water partition coefficient (Wildman–Crippen LogP) is 4.49. The second kappa shape index (κ2) is 6.68. The zero-order valence-electron chi connectivity index (χ0n) is 14.9. The van der Waals surface area contributed by atoms with E-state index in [4.69, 9.17) is 4.78 Å². The minimum Gasteiger partial charge on any atom is -0.310 e.